The molecule has 0 aliphatic rings. The smallest absolute Gasteiger partial charge is 0.480 e. The molecule has 348 valence electrons. The highest BCUT2D eigenvalue weighted by Gasteiger charge is 2.28. The van der Waals surface area contributed by atoms with Crippen molar-refractivity contribution in [2.45, 2.75) is 91.5 Å². The Morgan fingerprint density at radius 3 is 1.41 bits per heavy atom. The number of aromatic nitrogens is 4. The summed E-state index contributed by atoms with van der Waals surface area (Å²) >= 11 is 3.21. The van der Waals surface area contributed by atoms with Crippen LogP contribution in [0.25, 0.3) is 21.8 Å². The van der Waals surface area contributed by atoms with Crippen molar-refractivity contribution < 1.29 is 76.1 Å². The first-order chi connectivity index (χ1) is 29.0. The highest BCUT2D eigenvalue weighted by atomic mass is 79.9. The summed E-state index contributed by atoms with van der Waals surface area (Å²) in [5.41, 5.74) is 1.50. The zero-order valence-corrected chi connectivity index (χ0v) is 38.5. The molecule has 23 heteroatoms. The topological polar surface area (TPSA) is 272 Å². The quantitative estimate of drug-likeness (QED) is 0.0727. The highest BCUT2D eigenvalue weighted by molar-refractivity contribution is 9.10. The van der Waals surface area contributed by atoms with Crippen molar-refractivity contribution >= 4 is 67.7 Å². The summed E-state index contributed by atoms with van der Waals surface area (Å²) in [4.78, 5) is 60.4. The monoisotopic (exact) mass is 958 g/mol. The van der Waals surface area contributed by atoms with Gasteiger partial charge in [0.15, 0.2) is 11.6 Å². The second kappa shape index (κ2) is 22.3. The zero-order valence-electron chi connectivity index (χ0n) is 36.9. The SMILES string of the molecule is CC(C)(N)C(=O)O.COc1nc(OCCOC(=O)OC(C)(C)C)c2cc(Br)cc(F)c2n1.COc1nc(OCCOC(=O)OC(C)(C)C)c2cc(NC(C)(C)C(=O)O)cc(F)c2n1. The van der Waals surface area contributed by atoms with Gasteiger partial charge in [-0.1, -0.05) is 15.9 Å². The minimum Gasteiger partial charge on any atom is -0.480 e. The van der Waals surface area contributed by atoms with Crippen molar-refractivity contribution in [3.05, 3.63) is 40.4 Å². The molecule has 20 nitrogen and oxygen atoms in total. The van der Waals surface area contributed by atoms with Crippen molar-refractivity contribution in [3.8, 4) is 23.8 Å². The van der Waals surface area contributed by atoms with E-state index in [4.69, 9.17) is 48.7 Å². The van der Waals surface area contributed by atoms with Crippen LogP contribution in [-0.4, -0.2) is 117 Å². The maximum absolute atomic E-state index is 14.7. The van der Waals surface area contributed by atoms with Gasteiger partial charge in [-0.15, -0.1) is 0 Å². The molecule has 0 saturated heterocycles. The Labute approximate surface area is 370 Å². The van der Waals surface area contributed by atoms with Gasteiger partial charge < -0.3 is 59.2 Å². The Hall–Kier alpha value is -6.10. The predicted octanol–water partition coefficient (Wildman–Crippen LogP) is 7.06. The second-order valence-electron chi connectivity index (χ2n) is 16.1. The Balaban J connectivity index is 0.000000382. The summed E-state index contributed by atoms with van der Waals surface area (Å²) in [6, 6.07) is 5.34. The van der Waals surface area contributed by atoms with Crippen molar-refractivity contribution in [3.63, 3.8) is 0 Å². The lowest BCUT2D eigenvalue weighted by molar-refractivity contribution is -0.142. The molecule has 63 heavy (non-hydrogen) atoms. The second-order valence-corrected chi connectivity index (χ2v) is 17.0. The molecule has 0 aliphatic heterocycles. The van der Waals surface area contributed by atoms with E-state index >= 15 is 0 Å². The van der Waals surface area contributed by atoms with Gasteiger partial charge in [-0.3, -0.25) is 4.79 Å². The number of carbonyl (C=O) groups is 4. The van der Waals surface area contributed by atoms with Crippen LogP contribution in [0.3, 0.4) is 0 Å². The number of halogens is 3. The number of carboxylic acids is 2. The van der Waals surface area contributed by atoms with Gasteiger partial charge in [0.05, 0.1) is 25.0 Å². The van der Waals surface area contributed by atoms with Crippen LogP contribution in [0.5, 0.6) is 23.8 Å². The first-order valence-electron chi connectivity index (χ1n) is 18.7. The zero-order chi connectivity index (χ0) is 48.1. The van der Waals surface area contributed by atoms with E-state index in [1.165, 1.54) is 54.0 Å². The van der Waals surface area contributed by atoms with E-state index in [1.54, 1.807) is 47.6 Å². The fourth-order valence-electron chi connectivity index (χ4n) is 4.23. The number of carbonyl (C=O) groups excluding carboxylic acids is 2. The molecular formula is C40H53BrF2N6O14. The average molecular weight is 960 g/mol. The van der Waals surface area contributed by atoms with Crippen LogP contribution in [0.1, 0.15) is 69.2 Å². The Morgan fingerprint density at radius 2 is 1.05 bits per heavy atom. The molecule has 4 aromatic rings. The van der Waals surface area contributed by atoms with Gasteiger partial charge in [0.25, 0.3) is 0 Å². The number of aliphatic carboxylic acids is 2. The van der Waals surface area contributed by atoms with Gasteiger partial charge in [-0.25, -0.2) is 23.2 Å². The number of nitrogens with one attached hydrogen (secondary N) is 1. The van der Waals surface area contributed by atoms with E-state index in [0.29, 0.717) is 9.86 Å². The minimum atomic E-state index is -1.35. The summed E-state index contributed by atoms with van der Waals surface area (Å²) in [6.45, 7) is 15.8. The van der Waals surface area contributed by atoms with Gasteiger partial charge in [0.1, 0.15) is 59.7 Å². The molecule has 0 fully saturated rings. The van der Waals surface area contributed by atoms with Gasteiger partial charge in [0, 0.05) is 10.2 Å². The molecule has 0 atom stereocenters. The number of methoxy groups -OCH3 is 2. The highest BCUT2D eigenvalue weighted by Crippen LogP contribution is 2.32. The molecular weight excluding hydrogens is 906 g/mol. The lowest BCUT2D eigenvalue weighted by Gasteiger charge is -2.23. The molecule has 5 N–H and O–H groups in total. The number of nitrogens with two attached hydrogens (primary N) is 1. The van der Waals surface area contributed by atoms with Crippen LogP contribution >= 0.6 is 15.9 Å². The van der Waals surface area contributed by atoms with E-state index in [9.17, 15) is 33.1 Å². The van der Waals surface area contributed by atoms with E-state index in [2.05, 4.69) is 41.2 Å². The molecule has 4 rings (SSSR count). The number of carboxylic acid groups (broad SMARTS) is 2. The van der Waals surface area contributed by atoms with Crippen LogP contribution in [-0.2, 0) is 28.5 Å². The number of benzene rings is 2. The van der Waals surface area contributed by atoms with Crippen molar-refractivity contribution in [1.29, 1.82) is 0 Å². The number of ether oxygens (including phenoxy) is 8. The summed E-state index contributed by atoms with van der Waals surface area (Å²) in [5.74, 6) is -3.26. The molecule has 2 aromatic heterocycles. The largest absolute Gasteiger partial charge is 0.508 e. The summed E-state index contributed by atoms with van der Waals surface area (Å²) < 4.78 is 70.2. The maximum atomic E-state index is 14.7. The number of fused-ring (bicyclic) bond motifs is 2. The predicted molar refractivity (Wildman–Crippen MR) is 226 cm³/mol. The van der Waals surface area contributed by atoms with Crippen molar-refractivity contribution in [2.75, 3.05) is 46.0 Å². The van der Waals surface area contributed by atoms with Crippen LogP contribution in [0.4, 0.5) is 24.1 Å². The van der Waals surface area contributed by atoms with Gasteiger partial charge in [-0.2, -0.15) is 19.9 Å². The minimum absolute atomic E-state index is 0.00262. The molecule has 0 spiro atoms. The van der Waals surface area contributed by atoms with Gasteiger partial charge in [0.2, 0.25) is 11.8 Å². The van der Waals surface area contributed by atoms with Crippen LogP contribution in [0, 0.1) is 11.6 Å². The molecule has 0 saturated carbocycles. The number of rotatable bonds is 14. The Morgan fingerprint density at radius 1 is 0.651 bits per heavy atom. The van der Waals surface area contributed by atoms with Crippen molar-refractivity contribution in [1.82, 2.24) is 19.9 Å². The average Bonchev–Trinajstić information content (AvgIpc) is 3.13. The number of hydrogen-bond acceptors (Lipinski definition) is 18. The standard InChI is InChI=1S/C20H26FN3O7.C16H18BrFN2O5.C4H9NO2/c1-19(2,3)31-18(27)30-8-7-29-15-12-9-11(24-20(4,5)16(25)26)10-13(21)14(12)22-17(23-15)28-6;1-16(2,3)25-15(21)24-6-5-23-13-10-7-9(17)8-11(18)12(10)19-14(20-13)22-4;1-4(2,5)3(6)7/h9-10,24H,7-8H2,1-6H3,(H,25,26);7-8H,5-6H2,1-4H3;5H2,1-2H3,(H,6,7). The summed E-state index contributed by atoms with van der Waals surface area (Å²) in [6.07, 6.45) is -1.65. The third kappa shape index (κ3) is 18.0. The molecule has 2 aromatic carbocycles. The summed E-state index contributed by atoms with van der Waals surface area (Å²) in [7, 11) is 2.69. The molecule has 0 aliphatic carbocycles. The molecule has 0 amide bonds. The number of anilines is 1. The normalized spacial score (nSPS) is 11.5. The van der Waals surface area contributed by atoms with E-state index in [0.717, 1.165) is 6.07 Å². The fraction of sp³-hybridized carbons (Fsp3) is 0.500. The summed E-state index contributed by atoms with van der Waals surface area (Å²) in [5, 5.41) is 20.7. The third-order valence-corrected chi connectivity index (χ3v) is 7.59. The molecule has 0 bridgehead atoms. The first kappa shape index (κ1) is 53.0. The van der Waals surface area contributed by atoms with E-state index < -0.39 is 58.2 Å². The van der Waals surface area contributed by atoms with E-state index in [-0.39, 0.29) is 72.3 Å². The van der Waals surface area contributed by atoms with Crippen LogP contribution < -0.4 is 30.0 Å². The first-order valence-corrected chi connectivity index (χ1v) is 19.5. The number of nitrogens with zero attached hydrogens (tertiary/aromatic N) is 4. The lowest BCUT2D eigenvalue weighted by Crippen LogP contribution is -2.41. The lowest BCUT2D eigenvalue weighted by atomic mass is 10.1. The number of hydrogen-bond donors (Lipinski definition) is 4. The molecule has 0 unspecified atom stereocenters. The Kier molecular flexibility index (Phi) is 18.8. The molecule has 0 radical (unpaired) electrons. The Bertz CT molecular complexity index is 2250. The fourth-order valence-corrected chi connectivity index (χ4v) is 4.66. The van der Waals surface area contributed by atoms with Crippen LogP contribution in [0.2, 0.25) is 0 Å². The van der Waals surface area contributed by atoms with Crippen LogP contribution in [0.15, 0.2) is 28.7 Å². The maximum Gasteiger partial charge on any atom is 0.508 e. The molecule has 2 heterocycles. The third-order valence-electron chi connectivity index (χ3n) is 7.13. The van der Waals surface area contributed by atoms with Crippen molar-refractivity contribution in [2.24, 2.45) is 5.73 Å². The van der Waals surface area contributed by atoms with E-state index in [1.807, 2.05) is 0 Å². The van der Waals surface area contributed by atoms with Gasteiger partial charge >= 0.3 is 36.3 Å². The van der Waals surface area contributed by atoms with Gasteiger partial charge in [-0.05, 0) is 93.5 Å².